The standard InChI is InChI=1S/C15H19NO4/c1-20-12-7-5-11(6-8-12)10-14(17)16-9-3-2-4-13(16)15(18)19/h5-8,13H,2-4,9-10H2,1H3,(H,18,19)/t13-/m0/s1. The van der Waals surface area contributed by atoms with Crippen LogP contribution < -0.4 is 4.74 Å². The first-order valence-electron chi connectivity index (χ1n) is 6.77. The zero-order chi connectivity index (χ0) is 14.5. The van der Waals surface area contributed by atoms with Crippen molar-refractivity contribution in [1.82, 2.24) is 4.90 Å². The van der Waals surface area contributed by atoms with E-state index in [0.29, 0.717) is 13.0 Å². The first kappa shape index (κ1) is 14.4. The van der Waals surface area contributed by atoms with Crippen molar-refractivity contribution in [2.24, 2.45) is 0 Å². The Kier molecular flexibility index (Phi) is 4.61. The molecule has 108 valence electrons. The largest absolute Gasteiger partial charge is 0.497 e. The van der Waals surface area contributed by atoms with Gasteiger partial charge >= 0.3 is 5.97 Å². The number of carboxylic acid groups (broad SMARTS) is 1. The second-order valence-electron chi connectivity index (χ2n) is 4.96. The van der Waals surface area contributed by atoms with E-state index in [1.165, 1.54) is 4.90 Å². The minimum atomic E-state index is -0.909. The Bertz CT molecular complexity index is 483. The molecule has 0 aliphatic carbocycles. The van der Waals surface area contributed by atoms with Crippen LogP contribution in [0.4, 0.5) is 0 Å². The molecule has 1 aromatic rings. The first-order valence-corrected chi connectivity index (χ1v) is 6.77. The van der Waals surface area contributed by atoms with Gasteiger partial charge in [0.25, 0.3) is 0 Å². The van der Waals surface area contributed by atoms with Crippen molar-refractivity contribution in [3.05, 3.63) is 29.8 Å². The van der Waals surface area contributed by atoms with E-state index in [-0.39, 0.29) is 12.3 Å². The number of carbonyl (C=O) groups is 2. The van der Waals surface area contributed by atoms with Crippen LogP contribution in [-0.4, -0.2) is 41.6 Å². The maximum absolute atomic E-state index is 12.3. The molecule has 1 aliphatic heterocycles. The highest BCUT2D eigenvalue weighted by atomic mass is 16.5. The molecule has 0 saturated carbocycles. The third kappa shape index (κ3) is 3.29. The number of amides is 1. The van der Waals surface area contributed by atoms with E-state index >= 15 is 0 Å². The average molecular weight is 277 g/mol. The van der Waals surface area contributed by atoms with E-state index in [1.807, 2.05) is 12.1 Å². The normalized spacial score (nSPS) is 18.6. The summed E-state index contributed by atoms with van der Waals surface area (Å²) in [5.41, 5.74) is 0.866. The highest BCUT2D eigenvalue weighted by molar-refractivity contribution is 5.85. The second kappa shape index (κ2) is 6.41. The number of methoxy groups -OCH3 is 1. The van der Waals surface area contributed by atoms with Gasteiger partial charge < -0.3 is 14.7 Å². The summed E-state index contributed by atoms with van der Waals surface area (Å²) >= 11 is 0. The number of carbonyl (C=O) groups excluding carboxylic acids is 1. The van der Waals surface area contributed by atoms with Crippen molar-refractivity contribution in [2.75, 3.05) is 13.7 Å². The quantitative estimate of drug-likeness (QED) is 0.909. The van der Waals surface area contributed by atoms with Gasteiger partial charge in [0.1, 0.15) is 11.8 Å². The molecule has 1 N–H and O–H groups in total. The Morgan fingerprint density at radius 1 is 1.30 bits per heavy atom. The predicted octanol–water partition coefficient (Wildman–Crippen LogP) is 1.70. The lowest BCUT2D eigenvalue weighted by molar-refractivity contribution is -0.151. The fourth-order valence-corrected chi connectivity index (χ4v) is 2.51. The molecule has 20 heavy (non-hydrogen) atoms. The molecule has 0 unspecified atom stereocenters. The van der Waals surface area contributed by atoms with Gasteiger partial charge in [0.05, 0.1) is 13.5 Å². The van der Waals surface area contributed by atoms with Crippen molar-refractivity contribution in [1.29, 1.82) is 0 Å². The lowest BCUT2D eigenvalue weighted by Crippen LogP contribution is -2.48. The molecule has 0 aromatic heterocycles. The van der Waals surface area contributed by atoms with Gasteiger partial charge in [-0.25, -0.2) is 4.79 Å². The number of aliphatic carboxylic acids is 1. The highest BCUT2D eigenvalue weighted by Gasteiger charge is 2.31. The van der Waals surface area contributed by atoms with Gasteiger partial charge in [0.15, 0.2) is 0 Å². The number of hydrogen-bond acceptors (Lipinski definition) is 3. The summed E-state index contributed by atoms with van der Waals surface area (Å²) in [6.07, 6.45) is 2.51. The summed E-state index contributed by atoms with van der Waals surface area (Å²) in [6.45, 7) is 0.534. The molecule has 1 aliphatic rings. The minimum Gasteiger partial charge on any atom is -0.497 e. The third-order valence-corrected chi connectivity index (χ3v) is 3.62. The van der Waals surface area contributed by atoms with Crippen molar-refractivity contribution in [3.63, 3.8) is 0 Å². The van der Waals surface area contributed by atoms with Gasteiger partial charge in [-0.2, -0.15) is 0 Å². The van der Waals surface area contributed by atoms with Crippen LogP contribution in [0.1, 0.15) is 24.8 Å². The van der Waals surface area contributed by atoms with E-state index in [0.717, 1.165) is 24.2 Å². The van der Waals surface area contributed by atoms with Gasteiger partial charge in [-0.3, -0.25) is 4.79 Å². The third-order valence-electron chi connectivity index (χ3n) is 3.62. The van der Waals surface area contributed by atoms with Gasteiger partial charge in [0.2, 0.25) is 5.91 Å². The maximum Gasteiger partial charge on any atom is 0.326 e. The molecule has 0 bridgehead atoms. The van der Waals surface area contributed by atoms with Gasteiger partial charge in [-0.1, -0.05) is 12.1 Å². The Balaban J connectivity index is 2.03. The topological polar surface area (TPSA) is 66.8 Å². The minimum absolute atomic E-state index is 0.123. The average Bonchev–Trinajstić information content (AvgIpc) is 2.48. The van der Waals surface area contributed by atoms with Crippen LogP contribution >= 0.6 is 0 Å². The number of ether oxygens (including phenoxy) is 1. The number of benzene rings is 1. The molecule has 2 rings (SSSR count). The van der Waals surface area contributed by atoms with Crippen molar-refractivity contribution in [2.45, 2.75) is 31.7 Å². The summed E-state index contributed by atoms with van der Waals surface area (Å²) in [5, 5.41) is 9.18. The molecule has 1 fully saturated rings. The Morgan fingerprint density at radius 2 is 2.00 bits per heavy atom. The summed E-state index contributed by atoms with van der Waals surface area (Å²) in [4.78, 5) is 25.0. The molecule has 1 atom stereocenters. The smallest absolute Gasteiger partial charge is 0.326 e. The highest BCUT2D eigenvalue weighted by Crippen LogP contribution is 2.19. The number of nitrogens with zero attached hydrogens (tertiary/aromatic N) is 1. The van der Waals surface area contributed by atoms with E-state index in [9.17, 15) is 14.7 Å². The van der Waals surface area contributed by atoms with Crippen LogP contribution in [0.25, 0.3) is 0 Å². The number of piperidine rings is 1. The van der Waals surface area contributed by atoms with Gasteiger partial charge in [0, 0.05) is 6.54 Å². The first-order chi connectivity index (χ1) is 9.61. The molecule has 5 heteroatoms. The van der Waals surface area contributed by atoms with Crippen molar-refractivity contribution >= 4 is 11.9 Å². The van der Waals surface area contributed by atoms with Crippen molar-refractivity contribution in [3.8, 4) is 5.75 Å². The second-order valence-corrected chi connectivity index (χ2v) is 4.96. The Morgan fingerprint density at radius 3 is 2.60 bits per heavy atom. The van der Waals surface area contributed by atoms with Crippen LogP contribution in [-0.2, 0) is 16.0 Å². The van der Waals surface area contributed by atoms with E-state index in [4.69, 9.17) is 4.74 Å². The Labute approximate surface area is 118 Å². The zero-order valence-corrected chi connectivity index (χ0v) is 11.5. The fourth-order valence-electron chi connectivity index (χ4n) is 2.51. The summed E-state index contributed by atoms with van der Waals surface area (Å²) in [7, 11) is 1.59. The summed E-state index contributed by atoms with van der Waals surface area (Å²) in [6, 6.07) is 6.59. The summed E-state index contributed by atoms with van der Waals surface area (Å²) < 4.78 is 5.07. The van der Waals surface area contributed by atoms with Crippen LogP contribution in [0.3, 0.4) is 0 Å². The van der Waals surface area contributed by atoms with E-state index in [1.54, 1.807) is 19.2 Å². The SMILES string of the molecule is COc1ccc(CC(=O)N2CCCC[C@H]2C(=O)O)cc1. The molecule has 0 radical (unpaired) electrons. The van der Waals surface area contributed by atoms with Gasteiger partial charge in [-0.15, -0.1) is 0 Å². The molecule has 1 saturated heterocycles. The molecule has 1 aromatic carbocycles. The molecule has 1 amide bonds. The number of rotatable bonds is 4. The monoisotopic (exact) mass is 277 g/mol. The number of hydrogen-bond donors (Lipinski definition) is 1. The Hall–Kier alpha value is -2.04. The zero-order valence-electron chi connectivity index (χ0n) is 11.5. The van der Waals surface area contributed by atoms with E-state index in [2.05, 4.69) is 0 Å². The van der Waals surface area contributed by atoms with Gasteiger partial charge in [-0.05, 0) is 37.0 Å². The molecular weight excluding hydrogens is 258 g/mol. The van der Waals surface area contributed by atoms with Crippen LogP contribution in [0.2, 0.25) is 0 Å². The van der Waals surface area contributed by atoms with E-state index < -0.39 is 12.0 Å². The summed E-state index contributed by atoms with van der Waals surface area (Å²) in [5.74, 6) is -0.294. The lowest BCUT2D eigenvalue weighted by Gasteiger charge is -2.33. The molecule has 0 spiro atoms. The molecule has 1 heterocycles. The molecular formula is C15H19NO4. The predicted molar refractivity (Wildman–Crippen MR) is 73.7 cm³/mol. The fraction of sp³-hybridized carbons (Fsp3) is 0.467. The van der Waals surface area contributed by atoms with Crippen LogP contribution in [0, 0.1) is 0 Å². The van der Waals surface area contributed by atoms with Crippen LogP contribution in [0.15, 0.2) is 24.3 Å². The molecule has 5 nitrogen and oxygen atoms in total. The lowest BCUT2D eigenvalue weighted by atomic mass is 10.0. The maximum atomic E-state index is 12.3. The van der Waals surface area contributed by atoms with Crippen LogP contribution in [0.5, 0.6) is 5.75 Å². The number of likely N-dealkylation sites (tertiary alicyclic amines) is 1. The van der Waals surface area contributed by atoms with Crippen molar-refractivity contribution < 1.29 is 19.4 Å². The number of carboxylic acids is 1.